The first-order valence-electron chi connectivity index (χ1n) is 17.0. The lowest BCUT2D eigenvalue weighted by atomic mass is 10.0. The molecule has 0 saturated carbocycles. The second-order valence-corrected chi connectivity index (χ2v) is 13.2. The minimum absolute atomic E-state index is 0.169. The Morgan fingerprint density at radius 1 is 0.774 bits per heavy atom. The van der Waals surface area contributed by atoms with Crippen LogP contribution in [0.3, 0.4) is 0 Å². The Morgan fingerprint density at radius 2 is 1.21 bits per heavy atom. The van der Waals surface area contributed by atoms with E-state index in [2.05, 4.69) is 15.3 Å². The fraction of sp³-hybridized carbons (Fsp3) is 0.350. The SMILES string of the molecule is Cc1ncc(CCN)c2c1OC(C)(C)OC2.Cc1ncc(CCNC(=O)c2ccc(C#N)cc2)c2c1OC(C)(C)OC2.N#Cc1ccc(C(=O)O)cc1. The molecule has 13 nitrogen and oxygen atoms in total. The van der Waals surface area contributed by atoms with Crippen LogP contribution in [0.2, 0.25) is 0 Å². The van der Waals surface area contributed by atoms with Gasteiger partial charge in [0.25, 0.3) is 5.91 Å². The van der Waals surface area contributed by atoms with Gasteiger partial charge in [-0.05, 0) is 92.9 Å². The van der Waals surface area contributed by atoms with Crippen molar-refractivity contribution in [1.29, 1.82) is 10.5 Å². The number of pyridine rings is 2. The van der Waals surface area contributed by atoms with Gasteiger partial charge in [-0.15, -0.1) is 0 Å². The first-order valence-corrected chi connectivity index (χ1v) is 17.0. The van der Waals surface area contributed by atoms with Gasteiger partial charge in [0.2, 0.25) is 11.6 Å². The quantitative estimate of drug-likeness (QED) is 0.211. The highest BCUT2D eigenvalue weighted by Gasteiger charge is 2.31. The van der Waals surface area contributed by atoms with E-state index in [1.54, 1.807) is 24.3 Å². The number of aromatic nitrogens is 2. The molecule has 53 heavy (non-hydrogen) atoms. The lowest BCUT2D eigenvalue weighted by Gasteiger charge is -2.34. The molecular formula is C40H44N6O7. The predicted octanol–water partition coefficient (Wildman–Crippen LogP) is 5.67. The van der Waals surface area contributed by atoms with Gasteiger partial charge in [0.15, 0.2) is 0 Å². The molecule has 1 amide bonds. The summed E-state index contributed by atoms with van der Waals surface area (Å²) >= 11 is 0. The maximum Gasteiger partial charge on any atom is 0.335 e. The number of aryl methyl sites for hydroxylation is 2. The largest absolute Gasteiger partial charge is 0.478 e. The van der Waals surface area contributed by atoms with Gasteiger partial charge in [0.1, 0.15) is 11.5 Å². The molecule has 0 fully saturated rings. The Hall–Kier alpha value is -5.86. The van der Waals surface area contributed by atoms with E-state index in [0.29, 0.717) is 49.4 Å². The third-order valence-electron chi connectivity index (χ3n) is 8.26. The van der Waals surface area contributed by atoms with E-state index in [0.717, 1.165) is 51.6 Å². The van der Waals surface area contributed by atoms with Gasteiger partial charge in [-0.3, -0.25) is 14.8 Å². The first kappa shape index (κ1) is 39.9. The van der Waals surface area contributed by atoms with E-state index >= 15 is 0 Å². The average Bonchev–Trinajstić information content (AvgIpc) is 3.14. The number of nitrogens with zero attached hydrogens (tertiary/aromatic N) is 4. The number of fused-ring (bicyclic) bond motifs is 2. The van der Waals surface area contributed by atoms with E-state index < -0.39 is 17.5 Å². The zero-order valence-electron chi connectivity index (χ0n) is 30.8. The Bertz CT molecular complexity index is 2010. The van der Waals surface area contributed by atoms with Crippen LogP contribution in [0.1, 0.15) is 93.2 Å². The molecule has 2 aliphatic rings. The number of rotatable bonds is 7. The summed E-state index contributed by atoms with van der Waals surface area (Å²) in [4.78, 5) is 31.3. The summed E-state index contributed by atoms with van der Waals surface area (Å²) in [5.74, 6) is -0.742. The number of hydrogen-bond acceptors (Lipinski definition) is 11. The van der Waals surface area contributed by atoms with Gasteiger partial charge in [0.05, 0.1) is 53.4 Å². The van der Waals surface area contributed by atoms with Crippen LogP contribution in [-0.4, -0.2) is 51.6 Å². The molecular weight excluding hydrogens is 676 g/mol. The lowest BCUT2D eigenvalue weighted by Crippen LogP contribution is -2.36. The third kappa shape index (κ3) is 10.8. The number of nitriles is 2. The van der Waals surface area contributed by atoms with Crippen LogP contribution in [0.15, 0.2) is 60.9 Å². The highest BCUT2D eigenvalue weighted by atomic mass is 16.7. The fourth-order valence-electron chi connectivity index (χ4n) is 5.36. The second-order valence-electron chi connectivity index (χ2n) is 13.2. The Labute approximate surface area is 309 Å². The van der Waals surface area contributed by atoms with Crippen LogP contribution in [-0.2, 0) is 35.5 Å². The average molecular weight is 721 g/mol. The highest BCUT2D eigenvalue weighted by Crippen LogP contribution is 2.36. The molecule has 0 aliphatic carbocycles. The maximum absolute atomic E-state index is 12.2. The number of benzene rings is 2. The molecule has 4 N–H and O–H groups in total. The molecule has 2 aromatic heterocycles. The minimum atomic E-state index is -0.977. The van der Waals surface area contributed by atoms with Crippen molar-refractivity contribution in [3.05, 3.63) is 117 Å². The smallest absolute Gasteiger partial charge is 0.335 e. The van der Waals surface area contributed by atoms with Crippen LogP contribution in [0, 0.1) is 36.5 Å². The molecule has 0 bridgehead atoms. The Kier molecular flexibility index (Phi) is 13.2. The standard InChI is InChI=1S/C20H21N3O3.C12H18N2O2.C8H5NO2/c1-13-18-17(12-25-20(2,3)26-18)16(11-23-13)8-9-22-19(24)15-6-4-14(10-21)5-7-15;1-8-11-10(7-15-12(2,3)16-11)9(4-5-13)6-14-8;9-5-6-1-3-7(4-2-6)8(10)11/h4-7,11H,8-9,12H2,1-3H3,(H,22,24);6H,4-5,7,13H2,1-3H3;1-4H,(H,10,11). The summed E-state index contributed by atoms with van der Waals surface area (Å²) in [6, 6.07) is 16.2. The van der Waals surface area contributed by atoms with Crippen LogP contribution < -0.4 is 20.5 Å². The number of carbonyl (C=O) groups excluding carboxylic acids is 1. The van der Waals surface area contributed by atoms with Crippen molar-refractivity contribution in [1.82, 2.24) is 15.3 Å². The van der Waals surface area contributed by atoms with Gasteiger partial charge >= 0.3 is 5.97 Å². The number of aromatic carboxylic acids is 1. The molecule has 0 unspecified atom stereocenters. The molecule has 6 rings (SSSR count). The number of hydrogen-bond donors (Lipinski definition) is 3. The molecule has 4 aromatic rings. The summed E-state index contributed by atoms with van der Waals surface area (Å²) in [5, 5.41) is 28.5. The summed E-state index contributed by atoms with van der Waals surface area (Å²) in [6.07, 6.45) is 5.12. The zero-order valence-corrected chi connectivity index (χ0v) is 30.8. The van der Waals surface area contributed by atoms with Crippen molar-refractivity contribution in [3.8, 4) is 23.6 Å². The van der Waals surface area contributed by atoms with E-state index in [1.807, 2.05) is 66.1 Å². The number of amides is 1. The fourth-order valence-corrected chi connectivity index (χ4v) is 5.36. The predicted molar refractivity (Wildman–Crippen MR) is 195 cm³/mol. The van der Waals surface area contributed by atoms with Crippen molar-refractivity contribution in [2.24, 2.45) is 5.73 Å². The van der Waals surface area contributed by atoms with Gasteiger partial charge in [-0.2, -0.15) is 10.5 Å². The van der Waals surface area contributed by atoms with Crippen LogP contribution in [0.4, 0.5) is 0 Å². The summed E-state index contributed by atoms with van der Waals surface area (Å²) < 4.78 is 23.1. The number of ether oxygens (including phenoxy) is 4. The number of carboxylic acids is 1. The van der Waals surface area contributed by atoms with Gasteiger partial charge in [-0.1, -0.05) is 0 Å². The molecule has 0 atom stereocenters. The van der Waals surface area contributed by atoms with Gasteiger partial charge in [0, 0.05) is 63.3 Å². The molecule has 2 aliphatic heterocycles. The number of nitrogens with two attached hydrogens (primary N) is 1. The maximum atomic E-state index is 12.2. The third-order valence-corrected chi connectivity index (χ3v) is 8.26. The number of carbonyl (C=O) groups is 2. The van der Waals surface area contributed by atoms with E-state index in [1.165, 1.54) is 24.3 Å². The van der Waals surface area contributed by atoms with Crippen molar-refractivity contribution >= 4 is 11.9 Å². The normalized spacial score (nSPS) is 14.4. The topological polar surface area (TPSA) is 203 Å². The van der Waals surface area contributed by atoms with Crippen LogP contribution in [0.25, 0.3) is 0 Å². The highest BCUT2D eigenvalue weighted by molar-refractivity contribution is 5.94. The zero-order chi connectivity index (χ0) is 38.8. The van der Waals surface area contributed by atoms with Crippen molar-refractivity contribution in [2.45, 2.75) is 79.2 Å². The summed E-state index contributed by atoms with van der Waals surface area (Å²) in [6.45, 7) is 13.5. The van der Waals surface area contributed by atoms with Crippen LogP contribution >= 0.6 is 0 Å². The Morgan fingerprint density at radius 3 is 1.62 bits per heavy atom. The van der Waals surface area contributed by atoms with Crippen molar-refractivity contribution < 1.29 is 33.6 Å². The molecule has 13 heteroatoms. The van der Waals surface area contributed by atoms with E-state index in [-0.39, 0.29) is 11.5 Å². The van der Waals surface area contributed by atoms with Crippen molar-refractivity contribution in [2.75, 3.05) is 13.1 Å². The van der Waals surface area contributed by atoms with Gasteiger partial charge < -0.3 is 35.1 Å². The van der Waals surface area contributed by atoms with E-state index in [9.17, 15) is 9.59 Å². The second kappa shape index (κ2) is 17.6. The number of carboxylic acid groups (broad SMARTS) is 1. The molecule has 2 aromatic carbocycles. The van der Waals surface area contributed by atoms with Crippen molar-refractivity contribution in [3.63, 3.8) is 0 Å². The summed E-state index contributed by atoms with van der Waals surface area (Å²) in [5.41, 5.74) is 13.3. The molecule has 0 saturated heterocycles. The summed E-state index contributed by atoms with van der Waals surface area (Å²) in [7, 11) is 0. The van der Waals surface area contributed by atoms with Crippen LogP contribution in [0.5, 0.6) is 11.5 Å². The van der Waals surface area contributed by atoms with Gasteiger partial charge in [-0.25, -0.2) is 4.79 Å². The minimum Gasteiger partial charge on any atom is -0.478 e. The Balaban J connectivity index is 0.000000197. The first-order chi connectivity index (χ1) is 25.2. The molecule has 0 spiro atoms. The molecule has 0 radical (unpaired) electrons. The lowest BCUT2D eigenvalue weighted by molar-refractivity contribution is -0.181. The molecule has 4 heterocycles. The molecule has 276 valence electrons. The monoisotopic (exact) mass is 720 g/mol. The van der Waals surface area contributed by atoms with E-state index in [4.69, 9.17) is 40.3 Å². The number of nitrogens with one attached hydrogen (secondary N) is 1.